The summed E-state index contributed by atoms with van der Waals surface area (Å²) in [5, 5.41) is 10.2. The molecule has 1 heterocycles. The molecule has 26 heavy (non-hydrogen) atoms. The van der Waals surface area contributed by atoms with Crippen LogP contribution in [0.5, 0.6) is 0 Å². The highest BCUT2D eigenvalue weighted by Crippen LogP contribution is 2.39. The van der Waals surface area contributed by atoms with Crippen LogP contribution in [0, 0.1) is 6.92 Å². The standard InChI is InChI=1S/C18H16BrNO4S2/c1-11-18(25-13-4-6-14(7-5-13)26(2,23)24)15-9-12(19)3-8-16(15)20(11)10-17(21)22/h3-9H,10H2,1-2H3,(H,21,22). The van der Waals surface area contributed by atoms with Crippen LogP contribution in [0.1, 0.15) is 5.69 Å². The molecule has 0 saturated carbocycles. The highest BCUT2D eigenvalue weighted by molar-refractivity contribution is 9.10. The lowest BCUT2D eigenvalue weighted by molar-refractivity contribution is -0.137. The maximum Gasteiger partial charge on any atom is 0.323 e. The van der Waals surface area contributed by atoms with Gasteiger partial charge in [0.2, 0.25) is 0 Å². The second kappa shape index (κ2) is 7.09. The van der Waals surface area contributed by atoms with E-state index in [-0.39, 0.29) is 11.4 Å². The number of carboxylic acid groups (broad SMARTS) is 1. The number of nitrogens with zero attached hydrogens (tertiary/aromatic N) is 1. The molecule has 0 unspecified atom stereocenters. The third-order valence-electron chi connectivity index (χ3n) is 3.99. The minimum Gasteiger partial charge on any atom is -0.480 e. The normalized spacial score (nSPS) is 11.8. The fourth-order valence-electron chi connectivity index (χ4n) is 2.76. The number of carbonyl (C=O) groups is 1. The summed E-state index contributed by atoms with van der Waals surface area (Å²) in [6.45, 7) is 1.78. The van der Waals surface area contributed by atoms with Gasteiger partial charge in [-0.15, -0.1) is 0 Å². The molecule has 0 aliphatic rings. The van der Waals surface area contributed by atoms with Crippen molar-refractivity contribution in [1.82, 2.24) is 4.57 Å². The first-order chi connectivity index (χ1) is 12.2. The molecule has 1 N–H and O–H groups in total. The summed E-state index contributed by atoms with van der Waals surface area (Å²) in [7, 11) is -3.24. The van der Waals surface area contributed by atoms with Crippen LogP contribution in [0.3, 0.4) is 0 Å². The van der Waals surface area contributed by atoms with E-state index >= 15 is 0 Å². The predicted octanol–water partition coefficient (Wildman–Crippen LogP) is 4.35. The van der Waals surface area contributed by atoms with Gasteiger partial charge in [-0.3, -0.25) is 4.79 Å². The number of fused-ring (bicyclic) bond motifs is 1. The van der Waals surface area contributed by atoms with Gasteiger partial charge in [0.25, 0.3) is 0 Å². The van der Waals surface area contributed by atoms with E-state index in [1.54, 1.807) is 28.8 Å². The number of carboxylic acids is 1. The van der Waals surface area contributed by atoms with Crippen LogP contribution in [0.15, 0.2) is 61.6 Å². The van der Waals surface area contributed by atoms with E-state index in [1.165, 1.54) is 18.0 Å². The Morgan fingerprint density at radius 2 is 1.85 bits per heavy atom. The monoisotopic (exact) mass is 453 g/mol. The zero-order chi connectivity index (χ0) is 19.1. The molecule has 5 nitrogen and oxygen atoms in total. The molecular formula is C18H16BrNO4S2. The minimum absolute atomic E-state index is 0.114. The first kappa shape index (κ1) is 19.0. The highest BCUT2D eigenvalue weighted by Gasteiger charge is 2.17. The Bertz CT molecular complexity index is 1100. The van der Waals surface area contributed by atoms with E-state index in [9.17, 15) is 18.3 Å². The number of aliphatic carboxylic acids is 1. The summed E-state index contributed by atoms with van der Waals surface area (Å²) in [6.07, 6.45) is 1.18. The van der Waals surface area contributed by atoms with Crippen LogP contribution in [-0.4, -0.2) is 30.3 Å². The Balaban J connectivity index is 2.08. The summed E-state index contributed by atoms with van der Waals surface area (Å²) in [6, 6.07) is 12.4. The zero-order valence-electron chi connectivity index (χ0n) is 14.1. The topological polar surface area (TPSA) is 76.4 Å². The Morgan fingerprint density at radius 1 is 1.19 bits per heavy atom. The Morgan fingerprint density at radius 3 is 2.42 bits per heavy atom. The largest absolute Gasteiger partial charge is 0.480 e. The Labute approximate surface area is 164 Å². The number of hydrogen-bond acceptors (Lipinski definition) is 4. The Hall–Kier alpha value is -1.77. The summed E-state index contributed by atoms with van der Waals surface area (Å²) < 4.78 is 25.9. The van der Waals surface area contributed by atoms with Crippen molar-refractivity contribution in [3.63, 3.8) is 0 Å². The molecule has 3 rings (SSSR count). The molecule has 8 heteroatoms. The first-order valence-corrected chi connectivity index (χ1v) is 11.1. The highest BCUT2D eigenvalue weighted by atomic mass is 79.9. The van der Waals surface area contributed by atoms with Crippen molar-refractivity contribution in [2.24, 2.45) is 0 Å². The maximum atomic E-state index is 11.6. The number of aromatic nitrogens is 1. The zero-order valence-corrected chi connectivity index (χ0v) is 17.3. The molecule has 0 aliphatic carbocycles. The minimum atomic E-state index is -3.24. The first-order valence-electron chi connectivity index (χ1n) is 7.65. The molecule has 1 aromatic heterocycles. The van der Waals surface area contributed by atoms with E-state index in [2.05, 4.69) is 15.9 Å². The van der Waals surface area contributed by atoms with Gasteiger partial charge in [0, 0.05) is 31.6 Å². The van der Waals surface area contributed by atoms with Crippen LogP contribution in [0.2, 0.25) is 0 Å². The van der Waals surface area contributed by atoms with E-state index in [0.29, 0.717) is 0 Å². The predicted molar refractivity (Wildman–Crippen MR) is 106 cm³/mol. The summed E-state index contributed by atoms with van der Waals surface area (Å²) in [5.74, 6) is -0.901. The summed E-state index contributed by atoms with van der Waals surface area (Å²) >= 11 is 4.96. The van der Waals surface area contributed by atoms with E-state index in [0.717, 1.165) is 30.9 Å². The molecule has 0 amide bonds. The Kier molecular flexibility index (Phi) is 5.18. The van der Waals surface area contributed by atoms with Crippen molar-refractivity contribution >= 4 is 54.4 Å². The van der Waals surface area contributed by atoms with Crippen LogP contribution in [-0.2, 0) is 21.2 Å². The maximum absolute atomic E-state index is 11.6. The molecule has 0 fully saturated rings. The summed E-state index contributed by atoms with van der Waals surface area (Å²) in [4.78, 5) is 13.3. The lowest BCUT2D eigenvalue weighted by Crippen LogP contribution is -2.09. The van der Waals surface area contributed by atoms with Gasteiger partial charge in [0.15, 0.2) is 9.84 Å². The lowest BCUT2D eigenvalue weighted by atomic mass is 10.2. The number of sulfone groups is 1. The molecule has 0 bridgehead atoms. The molecule has 0 aliphatic heterocycles. The smallest absolute Gasteiger partial charge is 0.323 e. The molecule has 3 aromatic rings. The van der Waals surface area contributed by atoms with Crippen molar-refractivity contribution in [2.45, 2.75) is 28.2 Å². The third kappa shape index (κ3) is 3.82. The second-order valence-electron chi connectivity index (χ2n) is 5.90. The van der Waals surface area contributed by atoms with Gasteiger partial charge in [0.1, 0.15) is 6.54 Å². The van der Waals surface area contributed by atoms with Crippen molar-refractivity contribution in [3.05, 3.63) is 52.6 Å². The van der Waals surface area contributed by atoms with Crippen molar-refractivity contribution in [2.75, 3.05) is 6.26 Å². The van der Waals surface area contributed by atoms with Crippen LogP contribution >= 0.6 is 27.7 Å². The summed E-state index contributed by atoms with van der Waals surface area (Å²) in [5.41, 5.74) is 1.71. The SMILES string of the molecule is Cc1c(Sc2ccc(S(C)(=O)=O)cc2)c2cc(Br)ccc2n1CC(=O)O. The van der Waals surface area contributed by atoms with Crippen molar-refractivity contribution in [1.29, 1.82) is 0 Å². The van der Waals surface area contributed by atoms with Crippen LogP contribution in [0.25, 0.3) is 10.9 Å². The second-order valence-corrected chi connectivity index (χ2v) is 9.92. The van der Waals surface area contributed by atoms with Gasteiger partial charge < -0.3 is 9.67 Å². The number of benzene rings is 2. The average Bonchev–Trinajstić information content (AvgIpc) is 2.79. The van der Waals surface area contributed by atoms with E-state index in [4.69, 9.17) is 0 Å². The fourth-order valence-corrected chi connectivity index (χ4v) is 4.80. The number of halogens is 1. The van der Waals surface area contributed by atoms with Gasteiger partial charge in [-0.2, -0.15) is 0 Å². The average molecular weight is 454 g/mol. The number of rotatable bonds is 5. The third-order valence-corrected chi connectivity index (χ3v) is 6.84. The molecule has 136 valence electrons. The lowest BCUT2D eigenvalue weighted by Gasteiger charge is -2.06. The van der Waals surface area contributed by atoms with Crippen LogP contribution in [0.4, 0.5) is 0 Å². The van der Waals surface area contributed by atoms with Crippen LogP contribution < -0.4 is 0 Å². The van der Waals surface area contributed by atoms with Gasteiger partial charge in [-0.05, 0) is 49.4 Å². The van der Waals surface area contributed by atoms with Gasteiger partial charge in [0.05, 0.1) is 10.4 Å². The molecule has 0 spiro atoms. The molecular weight excluding hydrogens is 438 g/mol. The molecule has 2 aromatic carbocycles. The molecule has 0 saturated heterocycles. The molecule has 0 radical (unpaired) electrons. The van der Waals surface area contributed by atoms with Gasteiger partial charge in [-0.25, -0.2) is 8.42 Å². The quantitative estimate of drug-likeness (QED) is 0.621. The van der Waals surface area contributed by atoms with Crippen molar-refractivity contribution in [3.8, 4) is 0 Å². The van der Waals surface area contributed by atoms with Gasteiger partial charge >= 0.3 is 5.97 Å². The van der Waals surface area contributed by atoms with Gasteiger partial charge in [-0.1, -0.05) is 27.7 Å². The van der Waals surface area contributed by atoms with E-state index in [1.807, 2.05) is 25.1 Å². The van der Waals surface area contributed by atoms with Crippen molar-refractivity contribution < 1.29 is 18.3 Å². The number of hydrogen-bond donors (Lipinski definition) is 1. The van der Waals surface area contributed by atoms with E-state index < -0.39 is 15.8 Å². The molecule has 0 atom stereocenters. The fraction of sp³-hybridized carbons (Fsp3) is 0.167.